The van der Waals surface area contributed by atoms with Crippen molar-refractivity contribution in [3.8, 4) is 11.5 Å². The number of phenolic OH excluding ortho intramolecular Hbond substituents is 1. The third-order valence-electron chi connectivity index (χ3n) is 3.58. The zero-order valence-electron chi connectivity index (χ0n) is 12.5. The molecule has 0 bridgehead atoms. The molecule has 3 aromatic carbocycles. The summed E-state index contributed by atoms with van der Waals surface area (Å²) in [6.45, 7) is 0. The summed E-state index contributed by atoms with van der Waals surface area (Å²) in [7, 11) is 1.53. The molecule has 0 aliphatic rings. The smallest absolute Gasteiger partial charge is 0.259 e. The van der Waals surface area contributed by atoms with E-state index in [4.69, 9.17) is 10.5 Å². The predicted molar refractivity (Wildman–Crippen MR) is 91.0 cm³/mol. The van der Waals surface area contributed by atoms with E-state index in [9.17, 15) is 9.90 Å². The summed E-state index contributed by atoms with van der Waals surface area (Å²) < 4.78 is 5.20. The summed E-state index contributed by atoms with van der Waals surface area (Å²) in [5, 5.41) is 14.5. The second-order valence-corrected chi connectivity index (χ2v) is 5.13. The Balaban J connectivity index is 1.98. The number of ether oxygens (including phenoxy) is 1. The van der Waals surface area contributed by atoms with Gasteiger partial charge in [0.15, 0.2) is 0 Å². The number of nitrogens with two attached hydrogens (primary N) is 1. The Kier molecular flexibility index (Phi) is 3.76. The van der Waals surface area contributed by atoms with Gasteiger partial charge < -0.3 is 20.9 Å². The number of benzene rings is 3. The molecular weight excluding hydrogens is 292 g/mol. The number of phenols is 1. The van der Waals surface area contributed by atoms with Crippen molar-refractivity contribution in [3.63, 3.8) is 0 Å². The van der Waals surface area contributed by atoms with Crippen LogP contribution in [0, 0.1) is 0 Å². The molecule has 0 aromatic heterocycles. The van der Waals surface area contributed by atoms with Gasteiger partial charge in [0.2, 0.25) is 0 Å². The Hall–Kier alpha value is -3.21. The van der Waals surface area contributed by atoms with Gasteiger partial charge >= 0.3 is 0 Å². The minimum absolute atomic E-state index is 0.0883. The molecule has 3 rings (SSSR count). The SMILES string of the molecule is COc1ccccc1NC(=O)c1cc2cc(N)ccc2cc1O. The first-order valence-electron chi connectivity index (χ1n) is 7.05. The fourth-order valence-corrected chi connectivity index (χ4v) is 2.42. The van der Waals surface area contributed by atoms with Crippen LogP contribution in [0.5, 0.6) is 11.5 Å². The van der Waals surface area contributed by atoms with Gasteiger partial charge in [-0.25, -0.2) is 0 Å². The molecule has 4 N–H and O–H groups in total. The van der Waals surface area contributed by atoms with Crippen molar-refractivity contribution in [2.75, 3.05) is 18.2 Å². The fourth-order valence-electron chi connectivity index (χ4n) is 2.42. The van der Waals surface area contributed by atoms with Crippen molar-refractivity contribution < 1.29 is 14.6 Å². The monoisotopic (exact) mass is 308 g/mol. The lowest BCUT2D eigenvalue weighted by molar-refractivity contribution is 0.102. The van der Waals surface area contributed by atoms with E-state index in [0.29, 0.717) is 17.1 Å². The topological polar surface area (TPSA) is 84.6 Å². The number of fused-ring (bicyclic) bond motifs is 1. The number of amides is 1. The average Bonchev–Trinajstić information content (AvgIpc) is 2.55. The molecule has 0 spiro atoms. The van der Waals surface area contributed by atoms with E-state index >= 15 is 0 Å². The number of methoxy groups -OCH3 is 1. The molecule has 0 aliphatic carbocycles. The van der Waals surface area contributed by atoms with Crippen LogP contribution in [-0.4, -0.2) is 18.1 Å². The maximum atomic E-state index is 12.5. The van der Waals surface area contributed by atoms with Crippen molar-refractivity contribution in [2.45, 2.75) is 0 Å². The van der Waals surface area contributed by atoms with Gasteiger partial charge in [0, 0.05) is 5.69 Å². The fraction of sp³-hybridized carbons (Fsp3) is 0.0556. The van der Waals surface area contributed by atoms with E-state index < -0.39 is 5.91 Å². The van der Waals surface area contributed by atoms with E-state index in [1.165, 1.54) is 7.11 Å². The number of para-hydroxylation sites is 2. The molecule has 23 heavy (non-hydrogen) atoms. The first-order chi connectivity index (χ1) is 11.1. The van der Waals surface area contributed by atoms with Crippen LogP contribution in [0.1, 0.15) is 10.4 Å². The van der Waals surface area contributed by atoms with Gasteiger partial charge in [0.25, 0.3) is 5.91 Å². The molecule has 0 saturated heterocycles. The van der Waals surface area contributed by atoms with Crippen LogP contribution in [0.25, 0.3) is 10.8 Å². The third kappa shape index (κ3) is 2.89. The molecular formula is C18H16N2O3. The Morgan fingerprint density at radius 3 is 2.65 bits per heavy atom. The number of rotatable bonds is 3. The summed E-state index contributed by atoms with van der Waals surface area (Å²) in [6.07, 6.45) is 0. The van der Waals surface area contributed by atoms with Gasteiger partial charge in [-0.05, 0) is 47.2 Å². The molecule has 116 valence electrons. The molecule has 0 aliphatic heterocycles. The Morgan fingerprint density at radius 2 is 1.87 bits per heavy atom. The number of anilines is 2. The lowest BCUT2D eigenvalue weighted by atomic mass is 10.0. The molecule has 0 heterocycles. The lowest BCUT2D eigenvalue weighted by Crippen LogP contribution is -2.12. The predicted octanol–water partition coefficient (Wildman–Crippen LogP) is 3.39. The van der Waals surface area contributed by atoms with E-state index in [-0.39, 0.29) is 11.3 Å². The van der Waals surface area contributed by atoms with Crippen molar-refractivity contribution in [1.29, 1.82) is 0 Å². The Bertz CT molecular complexity index is 891. The van der Waals surface area contributed by atoms with Crippen LogP contribution in [0.2, 0.25) is 0 Å². The van der Waals surface area contributed by atoms with Crippen molar-refractivity contribution in [3.05, 3.63) is 60.2 Å². The summed E-state index contributed by atoms with van der Waals surface area (Å²) >= 11 is 0. The largest absolute Gasteiger partial charge is 0.507 e. The summed E-state index contributed by atoms with van der Waals surface area (Å²) in [6, 6.07) is 15.5. The summed E-state index contributed by atoms with van der Waals surface area (Å²) in [5.41, 5.74) is 7.08. The number of carbonyl (C=O) groups is 1. The highest BCUT2D eigenvalue weighted by Gasteiger charge is 2.14. The number of nitrogen functional groups attached to an aromatic ring is 1. The quantitative estimate of drug-likeness (QED) is 0.647. The van der Waals surface area contributed by atoms with Crippen molar-refractivity contribution >= 4 is 28.1 Å². The van der Waals surface area contributed by atoms with Gasteiger partial charge in [-0.2, -0.15) is 0 Å². The highest BCUT2D eigenvalue weighted by Crippen LogP contribution is 2.29. The number of nitrogens with one attached hydrogen (secondary N) is 1. The number of aromatic hydroxyl groups is 1. The first kappa shape index (κ1) is 14.7. The highest BCUT2D eigenvalue weighted by atomic mass is 16.5. The molecule has 0 saturated carbocycles. The second kappa shape index (κ2) is 5.88. The van der Waals surface area contributed by atoms with E-state index in [1.807, 2.05) is 6.07 Å². The number of hydrogen-bond donors (Lipinski definition) is 3. The van der Waals surface area contributed by atoms with Gasteiger partial charge in [-0.15, -0.1) is 0 Å². The minimum Gasteiger partial charge on any atom is -0.507 e. The molecule has 5 heteroatoms. The maximum Gasteiger partial charge on any atom is 0.259 e. The molecule has 3 aromatic rings. The molecule has 0 unspecified atom stereocenters. The Labute approximate surface area is 133 Å². The van der Waals surface area contributed by atoms with Crippen LogP contribution in [0.4, 0.5) is 11.4 Å². The van der Waals surface area contributed by atoms with Gasteiger partial charge in [-0.3, -0.25) is 4.79 Å². The third-order valence-corrected chi connectivity index (χ3v) is 3.58. The van der Waals surface area contributed by atoms with E-state index in [1.54, 1.807) is 48.5 Å². The molecule has 0 fully saturated rings. The Morgan fingerprint density at radius 1 is 1.09 bits per heavy atom. The van der Waals surface area contributed by atoms with Crippen LogP contribution < -0.4 is 15.8 Å². The minimum atomic E-state index is -0.420. The van der Waals surface area contributed by atoms with Crippen molar-refractivity contribution in [1.82, 2.24) is 0 Å². The van der Waals surface area contributed by atoms with Crippen LogP contribution in [-0.2, 0) is 0 Å². The zero-order valence-corrected chi connectivity index (χ0v) is 12.5. The van der Waals surface area contributed by atoms with E-state index in [0.717, 1.165) is 10.8 Å². The maximum absolute atomic E-state index is 12.5. The van der Waals surface area contributed by atoms with Crippen LogP contribution >= 0.6 is 0 Å². The average molecular weight is 308 g/mol. The zero-order chi connectivity index (χ0) is 16.4. The summed E-state index contributed by atoms with van der Waals surface area (Å²) in [4.78, 5) is 12.5. The molecule has 0 radical (unpaired) electrons. The molecule has 5 nitrogen and oxygen atoms in total. The highest BCUT2D eigenvalue weighted by molar-refractivity contribution is 6.09. The van der Waals surface area contributed by atoms with Gasteiger partial charge in [-0.1, -0.05) is 18.2 Å². The lowest BCUT2D eigenvalue weighted by Gasteiger charge is -2.11. The molecule has 1 amide bonds. The number of hydrogen-bond acceptors (Lipinski definition) is 4. The van der Waals surface area contributed by atoms with Gasteiger partial charge in [0.1, 0.15) is 11.5 Å². The van der Waals surface area contributed by atoms with Crippen LogP contribution in [0.15, 0.2) is 54.6 Å². The second-order valence-electron chi connectivity index (χ2n) is 5.13. The summed E-state index contributed by atoms with van der Waals surface area (Å²) in [5.74, 6) is 0.0383. The molecule has 0 atom stereocenters. The van der Waals surface area contributed by atoms with Crippen LogP contribution in [0.3, 0.4) is 0 Å². The van der Waals surface area contributed by atoms with E-state index in [2.05, 4.69) is 5.32 Å². The normalized spacial score (nSPS) is 10.5. The van der Waals surface area contributed by atoms with Crippen molar-refractivity contribution in [2.24, 2.45) is 0 Å². The standard InChI is InChI=1S/C18H16N2O3/c1-23-17-5-3-2-4-15(17)20-18(22)14-9-12-8-13(19)7-6-11(12)10-16(14)21/h2-10,21H,19H2,1H3,(H,20,22). The first-order valence-corrected chi connectivity index (χ1v) is 7.05. The van der Waals surface area contributed by atoms with Gasteiger partial charge in [0.05, 0.1) is 18.4 Å². The number of carbonyl (C=O) groups excluding carboxylic acids is 1.